The van der Waals surface area contributed by atoms with Crippen LogP contribution in [0.5, 0.6) is 0 Å². The van der Waals surface area contributed by atoms with E-state index in [2.05, 4.69) is 48.5 Å². The van der Waals surface area contributed by atoms with Gasteiger partial charge in [-0.2, -0.15) is 0 Å². The van der Waals surface area contributed by atoms with E-state index < -0.39 is 97.5 Å². The maximum atomic E-state index is 13.1. The number of phosphoric ester groups is 2. The van der Waals surface area contributed by atoms with Crippen LogP contribution in [0.1, 0.15) is 370 Å². The first-order valence-corrected chi connectivity index (χ1v) is 40.9. The van der Waals surface area contributed by atoms with Crippen LogP contribution >= 0.6 is 15.6 Å². The van der Waals surface area contributed by atoms with Gasteiger partial charge in [-0.3, -0.25) is 37.3 Å². The molecular formula is C73H142O17P2. The molecule has 19 heteroatoms. The van der Waals surface area contributed by atoms with Gasteiger partial charge in [-0.25, -0.2) is 9.13 Å². The van der Waals surface area contributed by atoms with Gasteiger partial charge >= 0.3 is 39.5 Å². The van der Waals surface area contributed by atoms with Crippen LogP contribution in [0.15, 0.2) is 0 Å². The molecule has 0 radical (unpaired) electrons. The molecule has 0 saturated heterocycles. The fraction of sp³-hybridized carbons (Fsp3) is 0.945. The highest BCUT2D eigenvalue weighted by Crippen LogP contribution is 2.45. The average Bonchev–Trinajstić information content (AvgIpc) is 3.14. The van der Waals surface area contributed by atoms with E-state index in [0.717, 1.165) is 114 Å². The predicted octanol–water partition coefficient (Wildman–Crippen LogP) is 21.0. The Balaban J connectivity index is 5.22. The first kappa shape index (κ1) is 90.1. The van der Waals surface area contributed by atoms with Crippen LogP contribution < -0.4 is 0 Å². The van der Waals surface area contributed by atoms with Crippen molar-refractivity contribution in [1.29, 1.82) is 0 Å². The summed E-state index contributed by atoms with van der Waals surface area (Å²) in [5, 5.41) is 10.6. The summed E-state index contributed by atoms with van der Waals surface area (Å²) >= 11 is 0. The Labute approximate surface area is 562 Å². The van der Waals surface area contributed by atoms with Crippen molar-refractivity contribution in [1.82, 2.24) is 0 Å². The van der Waals surface area contributed by atoms with E-state index in [-0.39, 0.29) is 25.7 Å². The van der Waals surface area contributed by atoms with Crippen LogP contribution in [-0.2, 0) is 65.4 Å². The fourth-order valence-electron chi connectivity index (χ4n) is 11.0. The minimum absolute atomic E-state index is 0.104. The molecule has 92 heavy (non-hydrogen) atoms. The maximum absolute atomic E-state index is 13.1. The number of ether oxygens (including phenoxy) is 4. The van der Waals surface area contributed by atoms with Gasteiger partial charge in [0, 0.05) is 25.7 Å². The Kier molecular flexibility index (Phi) is 62.4. The fourth-order valence-corrected chi connectivity index (χ4v) is 12.6. The molecule has 3 unspecified atom stereocenters. The Morgan fingerprint density at radius 3 is 0.826 bits per heavy atom. The molecule has 0 bridgehead atoms. The normalized spacial score (nSPS) is 14.4. The molecule has 0 spiro atoms. The number of carbonyl (C=O) groups is 4. The zero-order valence-electron chi connectivity index (χ0n) is 60.0. The number of hydrogen-bond donors (Lipinski definition) is 3. The molecule has 0 aromatic rings. The molecule has 546 valence electrons. The van der Waals surface area contributed by atoms with E-state index in [9.17, 15) is 43.2 Å². The Hall–Kier alpha value is -1.94. The maximum Gasteiger partial charge on any atom is 0.472 e. The molecule has 0 rings (SSSR count). The minimum atomic E-state index is -4.95. The molecule has 0 aliphatic rings. The van der Waals surface area contributed by atoms with Crippen LogP contribution in [0, 0.1) is 17.8 Å². The number of carbonyl (C=O) groups excluding carboxylic acids is 4. The quantitative estimate of drug-likeness (QED) is 0.0222. The lowest BCUT2D eigenvalue weighted by Crippen LogP contribution is -2.30. The van der Waals surface area contributed by atoms with Crippen molar-refractivity contribution in [3.63, 3.8) is 0 Å². The molecule has 0 aliphatic carbocycles. The van der Waals surface area contributed by atoms with Gasteiger partial charge < -0.3 is 33.8 Å². The van der Waals surface area contributed by atoms with Crippen LogP contribution in [0.4, 0.5) is 0 Å². The third-order valence-corrected chi connectivity index (χ3v) is 19.1. The molecule has 0 heterocycles. The van der Waals surface area contributed by atoms with Gasteiger partial charge in [0.1, 0.15) is 19.3 Å². The summed E-state index contributed by atoms with van der Waals surface area (Å²) in [6.45, 7) is 11.9. The summed E-state index contributed by atoms with van der Waals surface area (Å²) in [6.07, 6.45) is 48.6. The van der Waals surface area contributed by atoms with Crippen molar-refractivity contribution < 1.29 is 80.2 Å². The lowest BCUT2D eigenvalue weighted by atomic mass is 9.99. The average molecular weight is 1350 g/mol. The predicted molar refractivity (Wildman–Crippen MR) is 372 cm³/mol. The van der Waals surface area contributed by atoms with E-state index in [4.69, 9.17) is 37.0 Å². The second-order valence-electron chi connectivity index (χ2n) is 27.5. The van der Waals surface area contributed by atoms with Crippen molar-refractivity contribution >= 4 is 39.5 Å². The molecule has 0 amide bonds. The summed E-state index contributed by atoms with van der Waals surface area (Å²) in [5.74, 6) is 0.221. The highest BCUT2D eigenvalue weighted by molar-refractivity contribution is 7.47. The number of unbranched alkanes of at least 4 members (excludes halogenated alkanes) is 38. The largest absolute Gasteiger partial charge is 0.472 e. The Bertz CT molecular complexity index is 1800. The highest BCUT2D eigenvalue weighted by atomic mass is 31.2. The third-order valence-electron chi connectivity index (χ3n) is 17.2. The standard InChI is InChI=1S/C73H142O17P2/c1-8-10-11-12-13-33-40-47-54-70(75)83-60-68(90-73(78)57-50-43-36-29-28-31-38-45-52-65(5)6)62-87-91(79,80)85-58-67(74)59-86-92(81,82)88-63-69(61-84-71(76)55-48-41-34-26-22-19-18-20-24-30-37-44-51-64(3)4)89-72(77)56-49-42-35-27-23-17-15-14-16-21-25-32-39-46-53-66(7)9-2/h64-69,74H,8-63H2,1-7H3,(H,79,80)(H,81,82)/t66?,67-,68+,69+/m0/s1. The van der Waals surface area contributed by atoms with Crippen molar-refractivity contribution in [2.24, 2.45) is 17.8 Å². The van der Waals surface area contributed by atoms with Crippen molar-refractivity contribution in [3.05, 3.63) is 0 Å². The van der Waals surface area contributed by atoms with E-state index >= 15 is 0 Å². The first-order valence-electron chi connectivity index (χ1n) is 37.9. The highest BCUT2D eigenvalue weighted by Gasteiger charge is 2.30. The molecule has 6 atom stereocenters. The van der Waals surface area contributed by atoms with Gasteiger partial charge in [0.15, 0.2) is 12.2 Å². The van der Waals surface area contributed by atoms with Crippen molar-refractivity contribution in [3.8, 4) is 0 Å². The lowest BCUT2D eigenvalue weighted by molar-refractivity contribution is -0.161. The number of aliphatic hydroxyl groups is 1. The molecule has 0 saturated carbocycles. The number of hydrogen-bond acceptors (Lipinski definition) is 15. The first-order chi connectivity index (χ1) is 44.3. The van der Waals surface area contributed by atoms with Crippen LogP contribution in [-0.4, -0.2) is 96.7 Å². The van der Waals surface area contributed by atoms with Gasteiger partial charge in [-0.1, -0.05) is 318 Å². The Morgan fingerprint density at radius 1 is 0.315 bits per heavy atom. The molecule has 0 aromatic carbocycles. The van der Waals surface area contributed by atoms with Crippen molar-refractivity contribution in [2.45, 2.75) is 388 Å². The van der Waals surface area contributed by atoms with E-state index in [1.807, 2.05) is 0 Å². The lowest BCUT2D eigenvalue weighted by Gasteiger charge is -2.21. The van der Waals surface area contributed by atoms with Gasteiger partial charge in [0.05, 0.1) is 26.4 Å². The third kappa shape index (κ3) is 65.4. The number of phosphoric acid groups is 2. The van der Waals surface area contributed by atoms with Crippen LogP contribution in [0.25, 0.3) is 0 Å². The number of esters is 4. The molecule has 0 aliphatic heterocycles. The molecule has 17 nitrogen and oxygen atoms in total. The van der Waals surface area contributed by atoms with Crippen molar-refractivity contribution in [2.75, 3.05) is 39.6 Å². The summed E-state index contributed by atoms with van der Waals surface area (Å²) in [6, 6.07) is 0. The van der Waals surface area contributed by atoms with Gasteiger partial charge in [-0.15, -0.1) is 0 Å². The van der Waals surface area contributed by atoms with Gasteiger partial charge in [0.2, 0.25) is 0 Å². The van der Waals surface area contributed by atoms with E-state index in [0.29, 0.717) is 25.7 Å². The molecule has 0 fully saturated rings. The van der Waals surface area contributed by atoms with Crippen LogP contribution in [0.3, 0.4) is 0 Å². The topological polar surface area (TPSA) is 237 Å². The summed E-state index contributed by atoms with van der Waals surface area (Å²) in [7, 11) is -9.90. The smallest absolute Gasteiger partial charge is 0.462 e. The van der Waals surface area contributed by atoms with Gasteiger partial charge in [-0.05, 0) is 43.4 Å². The molecular weight excluding hydrogens is 1210 g/mol. The summed E-state index contributed by atoms with van der Waals surface area (Å²) in [5.41, 5.74) is 0. The Morgan fingerprint density at radius 2 is 0.554 bits per heavy atom. The number of aliphatic hydroxyl groups excluding tert-OH is 1. The second kappa shape index (κ2) is 63.8. The van der Waals surface area contributed by atoms with Gasteiger partial charge in [0.25, 0.3) is 0 Å². The zero-order chi connectivity index (χ0) is 68.0. The minimum Gasteiger partial charge on any atom is -0.462 e. The second-order valence-corrected chi connectivity index (χ2v) is 30.4. The van der Waals surface area contributed by atoms with E-state index in [1.54, 1.807) is 0 Å². The summed E-state index contributed by atoms with van der Waals surface area (Å²) in [4.78, 5) is 72.6. The zero-order valence-corrected chi connectivity index (χ0v) is 61.8. The SMILES string of the molecule is CCCCCCCCCCC(=O)OC[C@H](COP(=O)(O)OC[C@H](O)COP(=O)(O)OC[C@@H](COC(=O)CCCCCCCCCCCCCCC(C)C)OC(=O)CCCCCCCCCCCCCCCCC(C)CC)OC(=O)CCCCCCCCCCC(C)C. The van der Waals surface area contributed by atoms with E-state index in [1.165, 1.54) is 173 Å². The molecule has 0 aromatic heterocycles. The number of rotatable bonds is 71. The molecule has 3 N–H and O–H groups in total. The van der Waals surface area contributed by atoms with Crippen LogP contribution in [0.2, 0.25) is 0 Å². The summed E-state index contributed by atoms with van der Waals surface area (Å²) < 4.78 is 68.3. The monoisotopic (exact) mass is 1350 g/mol.